The largest absolute Gasteiger partial charge is 0.450 e. The minimum absolute atomic E-state index is 0.0729. The van der Waals surface area contributed by atoms with Crippen molar-refractivity contribution in [2.24, 2.45) is 0 Å². The highest BCUT2D eigenvalue weighted by atomic mass is 32.2. The molecule has 0 bridgehead atoms. The number of hydrogen-bond donors (Lipinski definition) is 0. The molecule has 0 aliphatic carbocycles. The first kappa shape index (κ1) is 27.1. The van der Waals surface area contributed by atoms with E-state index in [1.165, 1.54) is 0 Å². The molecule has 35 heavy (non-hydrogen) atoms. The van der Waals surface area contributed by atoms with Crippen LogP contribution in [-0.2, 0) is 30.2 Å². The molecule has 1 heterocycles. The molecule has 0 saturated carbocycles. The lowest BCUT2D eigenvalue weighted by atomic mass is 10.00. The SMILES string of the molecule is CCOC(=O)N(CC(Cc1ccccc1)OS(C)(=O)=O)C(CCN1CCOCC1)c1ccccc1. The second-order valence-electron chi connectivity index (χ2n) is 8.63. The first-order valence-corrected chi connectivity index (χ1v) is 13.9. The van der Waals surface area contributed by atoms with Gasteiger partial charge in [-0.15, -0.1) is 0 Å². The molecule has 1 fully saturated rings. The zero-order valence-electron chi connectivity index (χ0n) is 20.5. The van der Waals surface area contributed by atoms with E-state index in [-0.39, 0.29) is 19.2 Å². The van der Waals surface area contributed by atoms with Crippen LogP contribution in [-0.4, -0.2) is 82.7 Å². The summed E-state index contributed by atoms with van der Waals surface area (Å²) < 4.78 is 40.6. The number of carbonyl (C=O) groups is 1. The van der Waals surface area contributed by atoms with Crippen LogP contribution in [0, 0.1) is 0 Å². The molecule has 2 unspecified atom stereocenters. The Morgan fingerprint density at radius 2 is 1.69 bits per heavy atom. The van der Waals surface area contributed by atoms with Gasteiger partial charge in [0.25, 0.3) is 10.1 Å². The van der Waals surface area contributed by atoms with Gasteiger partial charge in [-0.25, -0.2) is 4.79 Å². The summed E-state index contributed by atoms with van der Waals surface area (Å²) in [5.41, 5.74) is 1.89. The van der Waals surface area contributed by atoms with E-state index < -0.39 is 22.3 Å². The third kappa shape index (κ3) is 9.25. The van der Waals surface area contributed by atoms with Crippen LogP contribution in [0.1, 0.15) is 30.5 Å². The molecular weight excluding hydrogens is 468 g/mol. The van der Waals surface area contributed by atoms with Gasteiger partial charge in [-0.2, -0.15) is 8.42 Å². The van der Waals surface area contributed by atoms with Crippen molar-refractivity contribution in [1.29, 1.82) is 0 Å². The standard InChI is InChI=1S/C26H36N2O6S/c1-3-33-26(29)28(21-24(34-35(2,30)31)20-22-10-6-4-7-11-22)25(23-12-8-5-9-13-23)14-15-27-16-18-32-19-17-27/h4-13,24-25H,3,14-21H2,1-2H3. The number of morpholine rings is 1. The van der Waals surface area contributed by atoms with Crippen molar-refractivity contribution in [3.63, 3.8) is 0 Å². The zero-order valence-corrected chi connectivity index (χ0v) is 21.4. The average Bonchev–Trinajstić information content (AvgIpc) is 2.84. The normalized spacial score (nSPS) is 16.4. The Balaban J connectivity index is 1.89. The number of ether oxygens (including phenoxy) is 2. The molecule has 2 atom stereocenters. The van der Waals surface area contributed by atoms with Crippen molar-refractivity contribution >= 4 is 16.2 Å². The Morgan fingerprint density at radius 3 is 2.29 bits per heavy atom. The Kier molecular flexibility index (Phi) is 10.5. The van der Waals surface area contributed by atoms with Gasteiger partial charge in [-0.3, -0.25) is 14.0 Å². The molecule has 2 aromatic rings. The molecule has 1 aliphatic rings. The Labute approximate surface area is 208 Å². The summed E-state index contributed by atoms with van der Waals surface area (Å²) >= 11 is 0. The lowest BCUT2D eigenvalue weighted by Gasteiger charge is -2.35. The van der Waals surface area contributed by atoms with Crippen molar-refractivity contribution < 1.29 is 26.9 Å². The summed E-state index contributed by atoms with van der Waals surface area (Å²) in [6, 6.07) is 19.0. The van der Waals surface area contributed by atoms with Crippen molar-refractivity contribution in [1.82, 2.24) is 9.80 Å². The summed E-state index contributed by atoms with van der Waals surface area (Å²) in [7, 11) is -3.75. The maximum Gasteiger partial charge on any atom is 0.410 e. The topological polar surface area (TPSA) is 85.4 Å². The van der Waals surface area contributed by atoms with Crippen LogP contribution < -0.4 is 0 Å². The molecule has 1 saturated heterocycles. The van der Waals surface area contributed by atoms with E-state index in [9.17, 15) is 13.2 Å². The maximum absolute atomic E-state index is 13.2. The molecule has 0 radical (unpaired) electrons. The molecule has 2 aromatic carbocycles. The highest BCUT2D eigenvalue weighted by Crippen LogP contribution is 2.27. The highest BCUT2D eigenvalue weighted by molar-refractivity contribution is 7.86. The van der Waals surface area contributed by atoms with Gasteiger partial charge in [0, 0.05) is 26.1 Å². The predicted molar refractivity (Wildman–Crippen MR) is 135 cm³/mol. The predicted octanol–water partition coefficient (Wildman–Crippen LogP) is 3.50. The Morgan fingerprint density at radius 1 is 1.06 bits per heavy atom. The lowest BCUT2D eigenvalue weighted by Crippen LogP contribution is -2.44. The third-order valence-electron chi connectivity index (χ3n) is 5.90. The number of carbonyl (C=O) groups excluding carboxylic acids is 1. The van der Waals surface area contributed by atoms with Gasteiger partial charge in [-0.05, 0) is 24.5 Å². The third-order valence-corrected chi connectivity index (χ3v) is 6.52. The van der Waals surface area contributed by atoms with Gasteiger partial charge in [0.1, 0.15) is 0 Å². The van der Waals surface area contributed by atoms with E-state index in [4.69, 9.17) is 13.7 Å². The molecule has 192 valence electrons. The van der Waals surface area contributed by atoms with Gasteiger partial charge in [0.2, 0.25) is 0 Å². The van der Waals surface area contributed by atoms with Crippen LogP contribution in [0.25, 0.3) is 0 Å². The van der Waals surface area contributed by atoms with E-state index in [0.717, 1.165) is 37.0 Å². The molecular formula is C26H36N2O6S. The van der Waals surface area contributed by atoms with Gasteiger partial charge < -0.3 is 9.47 Å². The van der Waals surface area contributed by atoms with Gasteiger partial charge in [-0.1, -0.05) is 60.7 Å². The molecule has 3 rings (SSSR count). The number of benzene rings is 2. The van der Waals surface area contributed by atoms with Gasteiger partial charge in [0.05, 0.1) is 44.8 Å². The van der Waals surface area contributed by atoms with Gasteiger partial charge in [0.15, 0.2) is 0 Å². The van der Waals surface area contributed by atoms with E-state index in [1.54, 1.807) is 11.8 Å². The second kappa shape index (κ2) is 13.6. The first-order valence-electron chi connectivity index (χ1n) is 12.1. The summed E-state index contributed by atoms with van der Waals surface area (Å²) in [4.78, 5) is 17.2. The Hall–Kier alpha value is -2.46. The minimum Gasteiger partial charge on any atom is -0.450 e. The van der Waals surface area contributed by atoms with E-state index in [0.29, 0.717) is 26.1 Å². The summed E-state index contributed by atoms with van der Waals surface area (Å²) in [6.07, 6.45) is 0.798. The van der Waals surface area contributed by atoms with Crippen LogP contribution in [0.15, 0.2) is 60.7 Å². The quantitative estimate of drug-likeness (QED) is 0.409. The minimum atomic E-state index is -3.75. The maximum atomic E-state index is 13.2. The number of nitrogens with zero attached hydrogens (tertiary/aromatic N) is 2. The highest BCUT2D eigenvalue weighted by Gasteiger charge is 2.31. The van der Waals surface area contributed by atoms with Gasteiger partial charge >= 0.3 is 6.09 Å². The van der Waals surface area contributed by atoms with Crippen molar-refractivity contribution in [3.05, 3.63) is 71.8 Å². The molecule has 0 aromatic heterocycles. The molecule has 9 heteroatoms. The monoisotopic (exact) mass is 504 g/mol. The fourth-order valence-corrected chi connectivity index (χ4v) is 4.94. The molecule has 0 N–H and O–H groups in total. The summed E-state index contributed by atoms with van der Waals surface area (Å²) in [5, 5.41) is 0. The van der Waals surface area contributed by atoms with Crippen molar-refractivity contribution in [2.75, 3.05) is 52.3 Å². The van der Waals surface area contributed by atoms with Crippen LogP contribution in [0.3, 0.4) is 0 Å². The molecule has 8 nitrogen and oxygen atoms in total. The fourth-order valence-electron chi connectivity index (χ4n) is 4.32. The molecule has 0 spiro atoms. The van der Waals surface area contributed by atoms with E-state index in [2.05, 4.69) is 4.90 Å². The Bertz CT molecular complexity index is 997. The van der Waals surface area contributed by atoms with Crippen molar-refractivity contribution in [3.8, 4) is 0 Å². The first-order chi connectivity index (χ1) is 16.9. The number of amides is 1. The van der Waals surface area contributed by atoms with Crippen LogP contribution in [0.5, 0.6) is 0 Å². The van der Waals surface area contributed by atoms with Crippen molar-refractivity contribution in [2.45, 2.75) is 31.9 Å². The number of rotatable bonds is 12. The lowest BCUT2D eigenvalue weighted by molar-refractivity contribution is 0.0286. The van der Waals surface area contributed by atoms with Crippen LogP contribution in [0.4, 0.5) is 4.79 Å². The van der Waals surface area contributed by atoms with Crippen LogP contribution in [0.2, 0.25) is 0 Å². The zero-order chi connectivity index (χ0) is 25.1. The summed E-state index contributed by atoms with van der Waals surface area (Å²) in [6.45, 7) is 5.90. The fraction of sp³-hybridized carbons (Fsp3) is 0.500. The molecule has 1 aliphatic heterocycles. The van der Waals surface area contributed by atoms with Crippen LogP contribution >= 0.6 is 0 Å². The van der Waals surface area contributed by atoms with E-state index in [1.807, 2.05) is 60.7 Å². The second-order valence-corrected chi connectivity index (χ2v) is 10.2. The van der Waals surface area contributed by atoms with E-state index >= 15 is 0 Å². The number of hydrogen-bond acceptors (Lipinski definition) is 7. The molecule has 1 amide bonds. The average molecular weight is 505 g/mol. The smallest absolute Gasteiger partial charge is 0.410 e. The summed E-state index contributed by atoms with van der Waals surface area (Å²) in [5.74, 6) is 0.